The van der Waals surface area contributed by atoms with E-state index in [1.165, 1.54) is 0 Å². The number of hydrogen-bond acceptors (Lipinski definition) is 4. The molecule has 1 heterocycles. The number of nitrogens with zero attached hydrogens (tertiary/aromatic N) is 2. The molecule has 15 heavy (non-hydrogen) atoms. The molecule has 4 nitrogen and oxygen atoms in total. The maximum absolute atomic E-state index is 9.25. The zero-order valence-electron chi connectivity index (χ0n) is 9.16. The smallest absolute Gasteiger partial charge is 0.152 e. The van der Waals surface area contributed by atoms with Crippen molar-refractivity contribution in [3.63, 3.8) is 0 Å². The Labute approximate surface area is 98.2 Å². The Morgan fingerprint density at radius 1 is 1.60 bits per heavy atom. The van der Waals surface area contributed by atoms with Gasteiger partial charge in [0.2, 0.25) is 0 Å². The number of anilines is 2. The van der Waals surface area contributed by atoms with Crippen molar-refractivity contribution < 1.29 is 5.11 Å². The zero-order chi connectivity index (χ0) is 11.6. The molecule has 1 rings (SSSR count). The normalized spacial score (nSPS) is 11.5. The number of rotatable bonds is 3. The van der Waals surface area contributed by atoms with Crippen molar-refractivity contribution in [3.05, 3.63) is 16.7 Å². The minimum Gasteiger partial charge on any atom is -0.396 e. The fourth-order valence-corrected chi connectivity index (χ4v) is 1.47. The second-order valence-corrected chi connectivity index (χ2v) is 5.01. The molecule has 5 heteroatoms. The van der Waals surface area contributed by atoms with Crippen molar-refractivity contribution in [3.8, 4) is 0 Å². The summed E-state index contributed by atoms with van der Waals surface area (Å²) in [5, 5.41) is 9.25. The third kappa shape index (κ3) is 2.60. The van der Waals surface area contributed by atoms with Crippen molar-refractivity contribution >= 4 is 27.4 Å². The Balaban J connectivity index is 3.06. The maximum Gasteiger partial charge on any atom is 0.152 e. The number of nitrogen functional groups attached to an aromatic ring is 1. The summed E-state index contributed by atoms with van der Waals surface area (Å²) in [6, 6.07) is 1.80. The fraction of sp³-hybridized carbons (Fsp3) is 0.500. The number of aromatic nitrogens is 1. The van der Waals surface area contributed by atoms with Gasteiger partial charge >= 0.3 is 0 Å². The highest BCUT2D eigenvalue weighted by atomic mass is 79.9. The molecule has 0 spiro atoms. The summed E-state index contributed by atoms with van der Waals surface area (Å²) in [5.74, 6) is 0.678. The first kappa shape index (κ1) is 12.3. The van der Waals surface area contributed by atoms with Crippen LogP contribution in [0.1, 0.15) is 13.8 Å². The van der Waals surface area contributed by atoms with Crippen molar-refractivity contribution in [1.82, 2.24) is 4.98 Å². The van der Waals surface area contributed by atoms with Gasteiger partial charge in [0.25, 0.3) is 0 Å². The summed E-state index contributed by atoms with van der Waals surface area (Å²) in [4.78, 5) is 6.10. The molecule has 1 aromatic rings. The summed E-state index contributed by atoms with van der Waals surface area (Å²) in [6.45, 7) is 3.90. The number of likely N-dealkylation sites (N-methyl/N-ethyl adjacent to an activating group) is 1. The van der Waals surface area contributed by atoms with E-state index in [-0.39, 0.29) is 12.1 Å². The van der Waals surface area contributed by atoms with Crippen LogP contribution in [0.3, 0.4) is 0 Å². The topological polar surface area (TPSA) is 62.4 Å². The Kier molecular flexibility index (Phi) is 3.57. The van der Waals surface area contributed by atoms with Crippen LogP contribution < -0.4 is 10.6 Å². The first-order valence-corrected chi connectivity index (χ1v) is 5.43. The van der Waals surface area contributed by atoms with Gasteiger partial charge in [-0.15, -0.1) is 0 Å². The van der Waals surface area contributed by atoms with Gasteiger partial charge < -0.3 is 15.7 Å². The van der Waals surface area contributed by atoms with Crippen LogP contribution in [0, 0.1) is 0 Å². The molecule has 0 aliphatic heterocycles. The van der Waals surface area contributed by atoms with Crippen molar-refractivity contribution in [1.29, 1.82) is 0 Å². The van der Waals surface area contributed by atoms with E-state index in [4.69, 9.17) is 5.73 Å². The maximum atomic E-state index is 9.25. The lowest BCUT2D eigenvalue weighted by Crippen LogP contribution is -2.45. The third-order valence-electron chi connectivity index (χ3n) is 2.47. The van der Waals surface area contributed by atoms with Crippen LogP contribution in [0.4, 0.5) is 11.5 Å². The number of pyridine rings is 1. The van der Waals surface area contributed by atoms with Crippen LogP contribution in [0.5, 0.6) is 0 Å². The number of nitrogens with two attached hydrogens (primary N) is 1. The van der Waals surface area contributed by atoms with Crippen molar-refractivity contribution in [2.24, 2.45) is 0 Å². The molecule has 0 aliphatic rings. The van der Waals surface area contributed by atoms with Crippen LogP contribution in [-0.4, -0.2) is 29.3 Å². The fourth-order valence-electron chi connectivity index (χ4n) is 1.12. The van der Waals surface area contributed by atoms with Gasteiger partial charge in [-0.2, -0.15) is 0 Å². The highest BCUT2D eigenvalue weighted by Gasteiger charge is 2.25. The molecule has 0 saturated carbocycles. The molecule has 3 N–H and O–H groups in total. The van der Waals surface area contributed by atoms with E-state index >= 15 is 0 Å². The van der Waals surface area contributed by atoms with E-state index < -0.39 is 0 Å². The molecule has 0 bridgehead atoms. The van der Waals surface area contributed by atoms with Crippen molar-refractivity contribution in [2.45, 2.75) is 19.4 Å². The number of hydrogen-bond donors (Lipinski definition) is 2. The Morgan fingerprint density at radius 2 is 2.20 bits per heavy atom. The van der Waals surface area contributed by atoms with Crippen LogP contribution in [0.15, 0.2) is 16.7 Å². The standard InChI is InChI=1S/C10H16BrN3O/c1-10(2,6-15)14(3)9-8(12)4-7(11)5-13-9/h4-5,15H,6,12H2,1-3H3. The molecule has 0 radical (unpaired) electrons. The second kappa shape index (κ2) is 4.37. The molecular formula is C10H16BrN3O. The molecule has 0 aliphatic carbocycles. The summed E-state index contributed by atoms with van der Waals surface area (Å²) >= 11 is 3.30. The van der Waals surface area contributed by atoms with E-state index in [0.29, 0.717) is 11.5 Å². The minimum atomic E-state index is -0.380. The Bertz CT molecular complexity index is 355. The molecule has 1 aromatic heterocycles. The zero-order valence-corrected chi connectivity index (χ0v) is 10.7. The van der Waals surface area contributed by atoms with Crippen LogP contribution in [0.2, 0.25) is 0 Å². The summed E-state index contributed by atoms with van der Waals surface area (Å²) in [6.07, 6.45) is 1.69. The lowest BCUT2D eigenvalue weighted by atomic mass is 10.1. The van der Waals surface area contributed by atoms with E-state index in [0.717, 1.165) is 4.47 Å². The SMILES string of the molecule is CN(c1ncc(Br)cc1N)C(C)(C)CO. The predicted molar refractivity (Wildman–Crippen MR) is 65.9 cm³/mol. The molecule has 84 valence electrons. The molecular weight excluding hydrogens is 258 g/mol. The molecule has 0 saturated heterocycles. The van der Waals surface area contributed by atoms with Crippen molar-refractivity contribution in [2.75, 3.05) is 24.3 Å². The van der Waals surface area contributed by atoms with Gasteiger partial charge in [-0.1, -0.05) is 0 Å². The Morgan fingerprint density at radius 3 is 2.67 bits per heavy atom. The first-order valence-electron chi connectivity index (χ1n) is 4.64. The molecule has 0 unspecified atom stereocenters. The number of aliphatic hydroxyl groups is 1. The molecule has 0 aromatic carbocycles. The number of halogens is 1. The lowest BCUT2D eigenvalue weighted by molar-refractivity contribution is 0.216. The van der Waals surface area contributed by atoms with Crippen LogP contribution in [-0.2, 0) is 0 Å². The van der Waals surface area contributed by atoms with E-state index in [1.54, 1.807) is 12.3 Å². The summed E-state index contributed by atoms with van der Waals surface area (Å²) in [7, 11) is 1.86. The van der Waals surface area contributed by atoms with E-state index in [9.17, 15) is 5.11 Å². The summed E-state index contributed by atoms with van der Waals surface area (Å²) < 4.78 is 0.846. The largest absolute Gasteiger partial charge is 0.396 e. The van der Waals surface area contributed by atoms with E-state index in [1.807, 2.05) is 25.8 Å². The van der Waals surface area contributed by atoms with Gasteiger partial charge in [0, 0.05) is 17.7 Å². The minimum absolute atomic E-state index is 0.0423. The summed E-state index contributed by atoms with van der Waals surface area (Å²) in [5.41, 5.74) is 6.07. The quantitative estimate of drug-likeness (QED) is 0.879. The molecule has 0 fully saturated rings. The van der Waals surface area contributed by atoms with Gasteiger partial charge in [0.1, 0.15) is 0 Å². The molecule has 0 atom stereocenters. The highest BCUT2D eigenvalue weighted by molar-refractivity contribution is 9.10. The average Bonchev–Trinajstić information content (AvgIpc) is 2.17. The van der Waals surface area contributed by atoms with Gasteiger partial charge in [-0.3, -0.25) is 0 Å². The lowest BCUT2D eigenvalue weighted by Gasteiger charge is -2.35. The second-order valence-electron chi connectivity index (χ2n) is 4.10. The van der Waals surface area contributed by atoms with Gasteiger partial charge in [0.15, 0.2) is 5.82 Å². The van der Waals surface area contributed by atoms with Gasteiger partial charge in [0.05, 0.1) is 17.8 Å². The monoisotopic (exact) mass is 273 g/mol. The number of aliphatic hydroxyl groups excluding tert-OH is 1. The Hall–Kier alpha value is -0.810. The van der Waals surface area contributed by atoms with Crippen LogP contribution in [0.25, 0.3) is 0 Å². The van der Waals surface area contributed by atoms with Gasteiger partial charge in [-0.25, -0.2) is 4.98 Å². The predicted octanol–water partition coefficient (Wildman–Crippen LogP) is 1.63. The highest BCUT2D eigenvalue weighted by Crippen LogP contribution is 2.27. The first-order chi connectivity index (χ1) is 6.88. The van der Waals surface area contributed by atoms with Crippen LogP contribution >= 0.6 is 15.9 Å². The average molecular weight is 274 g/mol. The molecule has 0 amide bonds. The third-order valence-corrected chi connectivity index (χ3v) is 2.91. The van der Waals surface area contributed by atoms with E-state index in [2.05, 4.69) is 20.9 Å². The van der Waals surface area contributed by atoms with Gasteiger partial charge in [-0.05, 0) is 35.8 Å².